The Morgan fingerprint density at radius 3 is 2.37 bits per heavy atom. The Morgan fingerprint density at radius 2 is 1.74 bits per heavy atom. The molecule has 2 aromatic carbocycles. The van der Waals surface area contributed by atoms with Crippen molar-refractivity contribution < 1.29 is 22.0 Å². The van der Waals surface area contributed by atoms with E-state index in [9.17, 15) is 22.0 Å². The smallest absolute Gasteiger partial charge is 0.243 e. The van der Waals surface area contributed by atoms with Gasteiger partial charge in [-0.05, 0) is 49.2 Å². The first-order chi connectivity index (χ1) is 12.8. The number of benzene rings is 2. The summed E-state index contributed by atoms with van der Waals surface area (Å²) in [6, 6.07) is 9.01. The summed E-state index contributed by atoms with van der Waals surface area (Å²) in [4.78, 5) is 12.6. The average Bonchev–Trinajstić information content (AvgIpc) is 2.61. The SMILES string of the molecule is O=C(Nc1cc(F)cc(F)c1)C1CCCN(S(=O)(=O)c2ccc(Br)cc2)C1. The van der Waals surface area contributed by atoms with E-state index in [0.717, 1.165) is 16.6 Å². The Bertz CT molecular complexity index is 931. The molecule has 0 spiro atoms. The molecule has 1 aliphatic rings. The van der Waals surface area contributed by atoms with Crippen LogP contribution in [0.3, 0.4) is 0 Å². The standard InChI is InChI=1S/C18H17BrF2N2O3S/c19-13-3-5-17(6-4-13)27(25,26)23-7-1-2-12(11-23)18(24)22-16-9-14(20)8-15(21)10-16/h3-6,8-10,12H,1-2,7,11H2,(H,22,24). The number of nitrogens with one attached hydrogen (secondary N) is 1. The second kappa shape index (κ2) is 8.04. The zero-order chi connectivity index (χ0) is 19.6. The van der Waals surface area contributed by atoms with Crippen molar-refractivity contribution in [1.29, 1.82) is 0 Å². The number of anilines is 1. The van der Waals surface area contributed by atoms with Gasteiger partial charge in [-0.15, -0.1) is 0 Å². The zero-order valence-corrected chi connectivity index (χ0v) is 16.6. The van der Waals surface area contributed by atoms with Crippen LogP contribution in [0.5, 0.6) is 0 Å². The van der Waals surface area contributed by atoms with Crippen LogP contribution in [0, 0.1) is 17.6 Å². The lowest BCUT2D eigenvalue weighted by atomic mass is 9.98. The van der Waals surface area contributed by atoms with Crippen LogP contribution >= 0.6 is 15.9 Å². The van der Waals surface area contributed by atoms with E-state index in [1.54, 1.807) is 12.1 Å². The molecule has 1 unspecified atom stereocenters. The van der Waals surface area contributed by atoms with Crippen LogP contribution in [-0.2, 0) is 14.8 Å². The number of nitrogens with zero attached hydrogens (tertiary/aromatic N) is 1. The minimum Gasteiger partial charge on any atom is -0.326 e. The number of amides is 1. The van der Waals surface area contributed by atoms with E-state index in [1.807, 2.05) is 0 Å². The molecule has 0 aliphatic carbocycles. The van der Waals surface area contributed by atoms with Gasteiger partial charge in [-0.1, -0.05) is 15.9 Å². The maximum absolute atomic E-state index is 13.3. The summed E-state index contributed by atoms with van der Waals surface area (Å²) in [6.45, 7) is 0.332. The van der Waals surface area contributed by atoms with Gasteiger partial charge in [0.05, 0.1) is 10.8 Å². The number of sulfonamides is 1. The lowest BCUT2D eigenvalue weighted by molar-refractivity contribution is -0.120. The monoisotopic (exact) mass is 458 g/mol. The minimum absolute atomic E-state index is 0.00499. The zero-order valence-electron chi connectivity index (χ0n) is 14.2. The second-order valence-electron chi connectivity index (χ2n) is 6.30. The summed E-state index contributed by atoms with van der Waals surface area (Å²) in [6.07, 6.45) is 1.02. The molecule has 9 heteroatoms. The number of hydrogen-bond acceptors (Lipinski definition) is 3. The van der Waals surface area contributed by atoms with Gasteiger partial charge in [-0.2, -0.15) is 4.31 Å². The largest absolute Gasteiger partial charge is 0.326 e. The predicted octanol–water partition coefficient (Wildman–Crippen LogP) is 3.77. The Balaban J connectivity index is 1.73. The Kier molecular flexibility index (Phi) is 5.92. The van der Waals surface area contributed by atoms with E-state index < -0.39 is 33.5 Å². The van der Waals surface area contributed by atoms with Crippen molar-refractivity contribution in [2.24, 2.45) is 5.92 Å². The molecule has 1 amide bonds. The van der Waals surface area contributed by atoms with Gasteiger partial charge in [-0.3, -0.25) is 4.79 Å². The van der Waals surface area contributed by atoms with E-state index in [-0.39, 0.29) is 17.1 Å². The van der Waals surface area contributed by atoms with E-state index in [1.165, 1.54) is 16.4 Å². The van der Waals surface area contributed by atoms with E-state index >= 15 is 0 Å². The molecule has 0 saturated carbocycles. The van der Waals surface area contributed by atoms with E-state index in [0.29, 0.717) is 25.5 Å². The highest BCUT2D eigenvalue weighted by Gasteiger charge is 2.33. The molecule has 1 atom stereocenters. The molecule has 1 heterocycles. The number of hydrogen-bond donors (Lipinski definition) is 1. The van der Waals surface area contributed by atoms with Gasteiger partial charge >= 0.3 is 0 Å². The Morgan fingerprint density at radius 1 is 1.11 bits per heavy atom. The molecule has 2 aromatic rings. The molecule has 27 heavy (non-hydrogen) atoms. The Hall–Kier alpha value is -1.84. The highest BCUT2D eigenvalue weighted by atomic mass is 79.9. The van der Waals surface area contributed by atoms with E-state index in [2.05, 4.69) is 21.2 Å². The minimum atomic E-state index is -3.72. The van der Waals surface area contributed by atoms with Gasteiger partial charge in [0.15, 0.2) is 0 Å². The van der Waals surface area contributed by atoms with Crippen LogP contribution in [0.1, 0.15) is 12.8 Å². The molecular formula is C18H17BrF2N2O3S. The summed E-state index contributed by atoms with van der Waals surface area (Å²) in [5, 5.41) is 2.47. The van der Waals surface area contributed by atoms with Crippen LogP contribution in [0.4, 0.5) is 14.5 Å². The fraction of sp³-hybridized carbons (Fsp3) is 0.278. The third-order valence-corrected chi connectivity index (χ3v) is 6.74. The van der Waals surface area contributed by atoms with E-state index in [4.69, 9.17) is 0 Å². The first kappa shape index (κ1) is 19.9. The predicted molar refractivity (Wildman–Crippen MR) is 101 cm³/mol. The van der Waals surface area contributed by atoms with Gasteiger partial charge in [0.1, 0.15) is 11.6 Å². The summed E-state index contributed by atoms with van der Waals surface area (Å²) < 4.78 is 54.2. The Labute approximate surface area is 164 Å². The fourth-order valence-electron chi connectivity index (χ4n) is 3.00. The van der Waals surface area contributed by atoms with Crippen LogP contribution in [0.2, 0.25) is 0 Å². The fourth-order valence-corrected chi connectivity index (χ4v) is 4.79. The van der Waals surface area contributed by atoms with Crippen molar-refractivity contribution in [2.75, 3.05) is 18.4 Å². The van der Waals surface area contributed by atoms with Crippen molar-refractivity contribution in [3.8, 4) is 0 Å². The lowest BCUT2D eigenvalue weighted by Gasteiger charge is -2.31. The molecule has 5 nitrogen and oxygen atoms in total. The number of carbonyl (C=O) groups is 1. The van der Waals surface area contributed by atoms with Crippen molar-refractivity contribution in [1.82, 2.24) is 4.31 Å². The van der Waals surface area contributed by atoms with Crippen molar-refractivity contribution in [3.63, 3.8) is 0 Å². The maximum Gasteiger partial charge on any atom is 0.243 e. The molecule has 144 valence electrons. The van der Waals surface area contributed by atoms with Gasteiger partial charge in [0.2, 0.25) is 15.9 Å². The molecule has 0 radical (unpaired) electrons. The quantitative estimate of drug-likeness (QED) is 0.758. The molecule has 1 aliphatic heterocycles. The number of rotatable bonds is 4. The first-order valence-corrected chi connectivity index (χ1v) is 10.5. The number of piperidine rings is 1. The third-order valence-electron chi connectivity index (χ3n) is 4.34. The van der Waals surface area contributed by atoms with Crippen LogP contribution in [0.25, 0.3) is 0 Å². The number of halogens is 3. The van der Waals surface area contributed by atoms with Gasteiger partial charge < -0.3 is 5.32 Å². The normalized spacial score (nSPS) is 18.3. The van der Waals surface area contributed by atoms with Crippen molar-refractivity contribution >= 4 is 37.5 Å². The topological polar surface area (TPSA) is 66.5 Å². The molecule has 0 aromatic heterocycles. The molecule has 1 fully saturated rings. The molecule has 1 saturated heterocycles. The summed E-state index contributed by atoms with van der Waals surface area (Å²) >= 11 is 3.26. The lowest BCUT2D eigenvalue weighted by Crippen LogP contribution is -2.43. The first-order valence-electron chi connectivity index (χ1n) is 8.28. The van der Waals surface area contributed by atoms with Crippen molar-refractivity contribution in [2.45, 2.75) is 17.7 Å². The van der Waals surface area contributed by atoms with Gasteiger partial charge in [0, 0.05) is 29.3 Å². The molecule has 0 bridgehead atoms. The summed E-state index contributed by atoms with van der Waals surface area (Å²) in [5.74, 6) is -2.66. The number of carbonyl (C=O) groups excluding carboxylic acids is 1. The molecule has 3 rings (SSSR count). The summed E-state index contributed by atoms with van der Waals surface area (Å²) in [7, 11) is -3.72. The molecule has 1 N–H and O–H groups in total. The third kappa shape index (κ3) is 4.72. The van der Waals surface area contributed by atoms with Gasteiger partial charge in [-0.25, -0.2) is 17.2 Å². The van der Waals surface area contributed by atoms with Crippen LogP contribution in [0.15, 0.2) is 51.8 Å². The maximum atomic E-state index is 13.3. The van der Waals surface area contributed by atoms with Crippen LogP contribution in [-0.4, -0.2) is 31.7 Å². The highest BCUT2D eigenvalue weighted by Crippen LogP contribution is 2.26. The van der Waals surface area contributed by atoms with Gasteiger partial charge in [0.25, 0.3) is 0 Å². The molecular weight excluding hydrogens is 442 g/mol. The van der Waals surface area contributed by atoms with Crippen LogP contribution < -0.4 is 5.32 Å². The average molecular weight is 459 g/mol. The van der Waals surface area contributed by atoms with Crippen molar-refractivity contribution in [3.05, 3.63) is 58.6 Å². The second-order valence-corrected chi connectivity index (χ2v) is 9.16. The highest BCUT2D eigenvalue weighted by molar-refractivity contribution is 9.10. The summed E-state index contributed by atoms with van der Waals surface area (Å²) in [5.41, 5.74) is 0.00499.